The zero-order valence-electron chi connectivity index (χ0n) is 12.3. The Labute approximate surface area is 146 Å². The highest BCUT2D eigenvalue weighted by molar-refractivity contribution is 6.35. The molecule has 0 fully saturated rings. The molecule has 3 aromatic rings. The summed E-state index contributed by atoms with van der Waals surface area (Å²) in [7, 11) is 0. The van der Waals surface area contributed by atoms with Crippen molar-refractivity contribution in [3.05, 3.63) is 67.7 Å². The van der Waals surface area contributed by atoms with Gasteiger partial charge in [0, 0.05) is 10.6 Å². The lowest BCUT2D eigenvalue weighted by molar-refractivity contribution is -0.386. The Morgan fingerprint density at radius 3 is 2.75 bits per heavy atom. The Morgan fingerprint density at radius 1 is 1.21 bits per heavy atom. The molecule has 122 valence electrons. The highest BCUT2D eigenvalue weighted by atomic mass is 35.5. The first-order valence-electron chi connectivity index (χ1n) is 6.79. The van der Waals surface area contributed by atoms with Crippen LogP contribution in [0, 0.1) is 17.0 Å². The van der Waals surface area contributed by atoms with Gasteiger partial charge in [-0.1, -0.05) is 28.4 Å². The standard InChI is InChI=1S/C16H10Cl2N2O4/c1-9-16(20(21)22)15(24-19-9)7-4-11-3-6-14(23-11)12-8-10(17)2-5-13(12)18/h2-8H,1H3/b7-4-. The van der Waals surface area contributed by atoms with Crippen LogP contribution in [-0.2, 0) is 0 Å². The molecule has 2 heterocycles. The fraction of sp³-hybridized carbons (Fsp3) is 0.0625. The minimum Gasteiger partial charge on any atom is -0.457 e. The molecule has 0 aliphatic rings. The molecule has 0 aliphatic heterocycles. The predicted octanol–water partition coefficient (Wildman–Crippen LogP) is 5.63. The maximum Gasteiger partial charge on any atom is 0.338 e. The highest BCUT2D eigenvalue weighted by Gasteiger charge is 2.22. The first kappa shape index (κ1) is 16.3. The fourth-order valence-corrected chi connectivity index (χ4v) is 2.53. The second-order valence-corrected chi connectivity index (χ2v) is 5.74. The van der Waals surface area contributed by atoms with Gasteiger partial charge in [0.25, 0.3) is 0 Å². The van der Waals surface area contributed by atoms with Gasteiger partial charge in [-0.15, -0.1) is 0 Å². The Morgan fingerprint density at radius 2 is 2.00 bits per heavy atom. The van der Waals surface area contributed by atoms with E-state index < -0.39 is 4.92 Å². The van der Waals surface area contributed by atoms with Crippen molar-refractivity contribution in [3.63, 3.8) is 0 Å². The van der Waals surface area contributed by atoms with Gasteiger partial charge in [0.2, 0.25) is 5.76 Å². The molecule has 0 saturated heterocycles. The van der Waals surface area contributed by atoms with E-state index in [4.69, 9.17) is 32.1 Å². The number of rotatable bonds is 4. The van der Waals surface area contributed by atoms with Crippen molar-refractivity contribution < 1.29 is 13.9 Å². The van der Waals surface area contributed by atoms with Crippen molar-refractivity contribution in [1.82, 2.24) is 5.16 Å². The average molecular weight is 365 g/mol. The van der Waals surface area contributed by atoms with Gasteiger partial charge in [-0.25, -0.2) is 0 Å². The summed E-state index contributed by atoms with van der Waals surface area (Å²) in [6, 6.07) is 8.50. The quantitative estimate of drug-likeness (QED) is 0.442. The summed E-state index contributed by atoms with van der Waals surface area (Å²) in [5.74, 6) is 1.06. The Balaban J connectivity index is 1.89. The van der Waals surface area contributed by atoms with Crippen LogP contribution < -0.4 is 0 Å². The molecule has 0 saturated carbocycles. The van der Waals surface area contributed by atoms with Gasteiger partial charge in [-0.05, 0) is 49.4 Å². The zero-order valence-corrected chi connectivity index (χ0v) is 13.8. The largest absolute Gasteiger partial charge is 0.457 e. The minimum atomic E-state index is -0.537. The molecule has 2 aromatic heterocycles. The van der Waals surface area contributed by atoms with E-state index in [9.17, 15) is 10.1 Å². The van der Waals surface area contributed by atoms with Crippen LogP contribution in [0.1, 0.15) is 17.2 Å². The van der Waals surface area contributed by atoms with Gasteiger partial charge >= 0.3 is 5.69 Å². The maximum atomic E-state index is 11.0. The van der Waals surface area contributed by atoms with E-state index >= 15 is 0 Å². The summed E-state index contributed by atoms with van der Waals surface area (Å²) in [6.07, 6.45) is 2.98. The van der Waals surface area contributed by atoms with Gasteiger partial charge in [0.1, 0.15) is 11.5 Å². The lowest BCUT2D eigenvalue weighted by Crippen LogP contribution is -1.90. The van der Waals surface area contributed by atoms with Gasteiger partial charge in [0.05, 0.1) is 9.95 Å². The zero-order chi connectivity index (χ0) is 17.3. The third kappa shape index (κ3) is 3.20. The maximum absolute atomic E-state index is 11.0. The normalized spacial score (nSPS) is 11.3. The number of hydrogen-bond acceptors (Lipinski definition) is 5. The summed E-state index contributed by atoms with van der Waals surface area (Å²) in [6.45, 7) is 1.51. The van der Waals surface area contributed by atoms with Crippen molar-refractivity contribution in [3.8, 4) is 11.3 Å². The molecule has 0 N–H and O–H groups in total. The number of furan rings is 1. The lowest BCUT2D eigenvalue weighted by atomic mass is 10.2. The van der Waals surface area contributed by atoms with E-state index in [-0.39, 0.29) is 17.1 Å². The number of aromatic nitrogens is 1. The Bertz CT molecular complexity index is 943. The molecule has 3 rings (SSSR count). The highest BCUT2D eigenvalue weighted by Crippen LogP contribution is 2.32. The van der Waals surface area contributed by atoms with Gasteiger partial charge < -0.3 is 8.94 Å². The minimum absolute atomic E-state index is 0.0521. The number of nitro groups is 1. The van der Waals surface area contributed by atoms with Crippen LogP contribution in [0.25, 0.3) is 23.5 Å². The second kappa shape index (κ2) is 6.51. The molecular formula is C16H10Cl2N2O4. The fourth-order valence-electron chi connectivity index (χ4n) is 2.15. The van der Waals surface area contributed by atoms with Crippen molar-refractivity contribution >= 4 is 41.0 Å². The molecule has 0 radical (unpaired) electrons. The summed E-state index contributed by atoms with van der Waals surface area (Å²) in [5.41, 5.74) is 0.701. The smallest absolute Gasteiger partial charge is 0.338 e. The molecule has 8 heteroatoms. The van der Waals surface area contributed by atoms with Crippen LogP contribution >= 0.6 is 23.2 Å². The van der Waals surface area contributed by atoms with Gasteiger partial charge in [0.15, 0.2) is 5.69 Å². The van der Waals surface area contributed by atoms with Crippen LogP contribution in [0.4, 0.5) is 5.69 Å². The number of nitrogens with zero attached hydrogens (tertiary/aromatic N) is 2. The Hall–Kier alpha value is -2.57. The number of benzene rings is 1. The van der Waals surface area contributed by atoms with Crippen molar-refractivity contribution in [2.24, 2.45) is 0 Å². The van der Waals surface area contributed by atoms with Crippen LogP contribution in [0.2, 0.25) is 10.0 Å². The van der Waals surface area contributed by atoms with Crippen molar-refractivity contribution in [1.29, 1.82) is 0 Å². The van der Waals surface area contributed by atoms with E-state index in [1.807, 2.05) is 0 Å². The van der Waals surface area contributed by atoms with Crippen LogP contribution in [0.5, 0.6) is 0 Å². The van der Waals surface area contributed by atoms with E-state index in [0.29, 0.717) is 27.1 Å². The van der Waals surface area contributed by atoms with Crippen LogP contribution in [0.15, 0.2) is 39.3 Å². The molecule has 0 aliphatic carbocycles. The van der Waals surface area contributed by atoms with Gasteiger partial charge in [-0.2, -0.15) is 0 Å². The topological polar surface area (TPSA) is 82.3 Å². The summed E-state index contributed by atoms with van der Waals surface area (Å²) in [5, 5.41) is 15.6. The first-order chi connectivity index (χ1) is 11.5. The molecule has 0 amide bonds. The Kier molecular flexibility index (Phi) is 4.42. The van der Waals surface area contributed by atoms with Crippen LogP contribution in [0.3, 0.4) is 0 Å². The summed E-state index contributed by atoms with van der Waals surface area (Å²) >= 11 is 12.1. The molecule has 0 bridgehead atoms. The van der Waals surface area contributed by atoms with Crippen molar-refractivity contribution in [2.45, 2.75) is 6.92 Å². The summed E-state index contributed by atoms with van der Waals surface area (Å²) < 4.78 is 10.6. The third-order valence-electron chi connectivity index (χ3n) is 3.26. The monoisotopic (exact) mass is 364 g/mol. The number of halogens is 2. The predicted molar refractivity (Wildman–Crippen MR) is 91.0 cm³/mol. The first-order valence-corrected chi connectivity index (χ1v) is 7.55. The summed E-state index contributed by atoms with van der Waals surface area (Å²) in [4.78, 5) is 10.5. The number of aryl methyl sites for hydroxylation is 1. The van der Waals surface area contributed by atoms with E-state index in [1.54, 1.807) is 36.4 Å². The average Bonchev–Trinajstić information content (AvgIpc) is 3.14. The third-order valence-corrected chi connectivity index (χ3v) is 3.82. The lowest BCUT2D eigenvalue weighted by Gasteiger charge is -2.00. The van der Waals surface area contributed by atoms with E-state index in [2.05, 4.69) is 5.16 Å². The van der Waals surface area contributed by atoms with E-state index in [0.717, 1.165) is 0 Å². The SMILES string of the molecule is Cc1noc(/C=C\c2ccc(-c3cc(Cl)ccc3Cl)o2)c1[N+](=O)[O-]. The molecule has 1 aromatic carbocycles. The van der Waals surface area contributed by atoms with Gasteiger partial charge in [-0.3, -0.25) is 10.1 Å². The van der Waals surface area contributed by atoms with Crippen LogP contribution in [-0.4, -0.2) is 10.1 Å². The van der Waals surface area contributed by atoms with Crippen molar-refractivity contribution in [2.75, 3.05) is 0 Å². The molecule has 6 nitrogen and oxygen atoms in total. The molecule has 0 atom stereocenters. The molecule has 0 spiro atoms. The number of hydrogen-bond donors (Lipinski definition) is 0. The second-order valence-electron chi connectivity index (χ2n) is 4.90. The molecule has 24 heavy (non-hydrogen) atoms. The molecular weight excluding hydrogens is 355 g/mol. The molecule has 0 unspecified atom stereocenters. The van der Waals surface area contributed by atoms with E-state index in [1.165, 1.54) is 13.0 Å².